The summed E-state index contributed by atoms with van der Waals surface area (Å²) in [6.07, 6.45) is 0.671. The largest absolute Gasteiger partial charge is 1.00 e. The van der Waals surface area contributed by atoms with E-state index in [9.17, 15) is 17.7 Å². The van der Waals surface area contributed by atoms with E-state index >= 15 is 0 Å². The van der Waals surface area contributed by atoms with Gasteiger partial charge in [0.1, 0.15) is 5.60 Å². The summed E-state index contributed by atoms with van der Waals surface area (Å²) in [7, 11) is 0. The van der Waals surface area contributed by atoms with Crippen molar-refractivity contribution in [3.63, 3.8) is 0 Å². The number of carbonyl (C=O) groups is 1. The molecule has 0 aromatic carbocycles. The van der Waals surface area contributed by atoms with Gasteiger partial charge in [-0.1, -0.05) is 6.07 Å². The Morgan fingerprint density at radius 3 is 2.39 bits per heavy atom. The predicted octanol–water partition coefficient (Wildman–Crippen LogP) is 0.766. The van der Waals surface area contributed by atoms with E-state index in [1.54, 1.807) is 39.0 Å². The van der Waals surface area contributed by atoms with E-state index in [2.05, 4.69) is 11.6 Å². The Labute approximate surface area is 177 Å². The fourth-order valence-corrected chi connectivity index (χ4v) is 1.55. The molecule has 0 bridgehead atoms. The molecule has 0 fully saturated rings. The van der Waals surface area contributed by atoms with E-state index in [-0.39, 0.29) is 57.9 Å². The molecule has 0 aliphatic rings. The maximum absolute atomic E-state index is 12.7. The minimum atomic E-state index is -5.22. The third-order valence-corrected chi connectivity index (χ3v) is 2.59. The van der Waals surface area contributed by atoms with Crippen LogP contribution in [-0.4, -0.2) is 35.1 Å². The van der Waals surface area contributed by atoms with E-state index in [0.717, 1.165) is 4.90 Å². The van der Waals surface area contributed by atoms with Gasteiger partial charge in [-0.15, -0.1) is 12.1 Å². The van der Waals surface area contributed by atoms with Crippen LogP contribution in [0.25, 0.3) is 0 Å². The molecule has 0 atom stereocenters. The van der Waals surface area contributed by atoms with Crippen molar-refractivity contribution in [3.8, 4) is 0 Å². The molecule has 9 heteroatoms. The second-order valence-electron chi connectivity index (χ2n) is 5.89. The van der Waals surface area contributed by atoms with E-state index in [0.29, 0.717) is 5.69 Å². The maximum atomic E-state index is 12.7. The van der Waals surface area contributed by atoms with E-state index < -0.39 is 30.7 Å². The van der Waals surface area contributed by atoms with Crippen molar-refractivity contribution in [1.29, 1.82) is 0 Å². The Morgan fingerprint density at radius 2 is 1.96 bits per heavy atom. The topological polar surface area (TPSA) is 42.4 Å². The molecule has 1 amide bonds. The SMILES string of the molecule is C=C(CN(Cc1ccccn1)C(=O)OC(C)(C)C)[B-](F)(F)F.[K+]. The summed E-state index contributed by atoms with van der Waals surface area (Å²) in [5.74, 6) is 0. The van der Waals surface area contributed by atoms with Crippen LogP contribution in [0.5, 0.6) is 0 Å². The van der Waals surface area contributed by atoms with Gasteiger partial charge in [0.2, 0.25) is 0 Å². The average Bonchev–Trinajstić information content (AvgIpc) is 2.36. The fourth-order valence-electron chi connectivity index (χ4n) is 1.55. The zero-order valence-corrected chi connectivity index (χ0v) is 17.0. The summed E-state index contributed by atoms with van der Waals surface area (Å²) in [6.45, 7) is 2.01. The van der Waals surface area contributed by atoms with E-state index in [4.69, 9.17) is 4.74 Å². The molecule has 0 N–H and O–H groups in total. The predicted molar refractivity (Wildman–Crippen MR) is 79.1 cm³/mol. The summed E-state index contributed by atoms with van der Waals surface area (Å²) in [5.41, 5.74) is -1.29. The Kier molecular flexibility index (Phi) is 9.08. The number of halogens is 3. The molecular weight excluding hydrogens is 335 g/mol. The standard InChI is InChI=1S/C14H19BF3N2O2.K/c1-11(15(16,17)18)9-20(13(21)22-14(2,3)4)10-12-7-5-6-8-19-12;/h5-8H,1,9-10H2,2-4H3;/q-1;+1. The molecule has 0 radical (unpaired) electrons. The van der Waals surface area contributed by atoms with Gasteiger partial charge in [0, 0.05) is 12.7 Å². The van der Waals surface area contributed by atoms with Crippen LogP contribution in [0.4, 0.5) is 17.7 Å². The first-order valence-electron chi connectivity index (χ1n) is 6.74. The van der Waals surface area contributed by atoms with Crippen LogP contribution < -0.4 is 51.4 Å². The van der Waals surface area contributed by atoms with Crippen LogP contribution in [0.15, 0.2) is 36.4 Å². The average molecular weight is 354 g/mol. The number of nitrogens with zero attached hydrogens (tertiary/aromatic N) is 2. The molecule has 122 valence electrons. The Balaban J connectivity index is 0.00000484. The molecule has 23 heavy (non-hydrogen) atoms. The van der Waals surface area contributed by atoms with Gasteiger partial charge in [0.15, 0.2) is 0 Å². The van der Waals surface area contributed by atoms with Gasteiger partial charge in [-0.3, -0.25) is 4.98 Å². The molecule has 0 unspecified atom stereocenters. The van der Waals surface area contributed by atoms with Gasteiger partial charge in [0.25, 0.3) is 0 Å². The molecule has 0 aliphatic heterocycles. The van der Waals surface area contributed by atoms with Gasteiger partial charge < -0.3 is 22.6 Å². The van der Waals surface area contributed by atoms with Crippen molar-refractivity contribution in [2.45, 2.75) is 32.9 Å². The number of rotatable bonds is 5. The zero-order chi connectivity index (χ0) is 17.0. The Hall–Kier alpha value is -0.349. The normalized spacial score (nSPS) is 11.4. The van der Waals surface area contributed by atoms with Crippen LogP contribution in [-0.2, 0) is 11.3 Å². The quantitative estimate of drug-likeness (QED) is 0.734. The number of hydrogen-bond donors (Lipinski definition) is 0. The minimum absolute atomic E-state index is 0. The number of hydrogen-bond acceptors (Lipinski definition) is 3. The van der Waals surface area contributed by atoms with Crippen LogP contribution in [0.1, 0.15) is 26.5 Å². The van der Waals surface area contributed by atoms with Gasteiger partial charge in [-0.2, -0.15) is 0 Å². The first-order valence-corrected chi connectivity index (χ1v) is 6.74. The maximum Gasteiger partial charge on any atom is 1.00 e. The van der Waals surface area contributed by atoms with Gasteiger partial charge in [-0.05, 0) is 32.9 Å². The van der Waals surface area contributed by atoms with Crippen molar-refractivity contribution >= 4 is 13.1 Å². The second-order valence-corrected chi connectivity index (χ2v) is 5.89. The molecule has 0 saturated carbocycles. The van der Waals surface area contributed by atoms with E-state index in [1.165, 1.54) is 6.20 Å². The van der Waals surface area contributed by atoms with Crippen molar-refractivity contribution in [3.05, 3.63) is 42.1 Å². The van der Waals surface area contributed by atoms with E-state index in [1.807, 2.05) is 0 Å². The smallest absolute Gasteiger partial charge is 0.445 e. The fraction of sp³-hybridized carbons (Fsp3) is 0.429. The van der Waals surface area contributed by atoms with Crippen LogP contribution in [0, 0.1) is 0 Å². The van der Waals surface area contributed by atoms with Crippen molar-refractivity contribution in [2.75, 3.05) is 6.54 Å². The summed E-state index contributed by atoms with van der Waals surface area (Å²) >= 11 is 0. The summed E-state index contributed by atoms with van der Waals surface area (Å²) in [4.78, 5) is 17.1. The molecule has 4 nitrogen and oxygen atoms in total. The van der Waals surface area contributed by atoms with Crippen molar-refractivity contribution < 1.29 is 73.9 Å². The molecule has 0 saturated heterocycles. The molecule has 1 aromatic rings. The number of pyridine rings is 1. The van der Waals surface area contributed by atoms with Gasteiger partial charge in [-0.25, -0.2) is 4.79 Å². The van der Waals surface area contributed by atoms with Crippen LogP contribution in [0.2, 0.25) is 0 Å². The number of amides is 1. The zero-order valence-electron chi connectivity index (χ0n) is 13.9. The summed E-state index contributed by atoms with van der Waals surface area (Å²) in [6, 6.07) is 5.00. The molecule has 0 aliphatic carbocycles. The molecule has 1 rings (SSSR count). The molecular formula is C14H19BF3KN2O2. The summed E-state index contributed by atoms with van der Waals surface area (Å²) < 4.78 is 43.3. The van der Waals surface area contributed by atoms with Gasteiger partial charge >= 0.3 is 64.5 Å². The monoisotopic (exact) mass is 354 g/mol. The first-order chi connectivity index (χ1) is 9.99. The Morgan fingerprint density at radius 1 is 1.35 bits per heavy atom. The Bertz CT molecular complexity index is 533. The van der Waals surface area contributed by atoms with Crippen molar-refractivity contribution in [2.24, 2.45) is 0 Å². The van der Waals surface area contributed by atoms with Gasteiger partial charge in [0.05, 0.1) is 12.2 Å². The number of carbonyl (C=O) groups excluding carboxylic acids is 1. The minimum Gasteiger partial charge on any atom is -0.445 e. The first kappa shape index (κ1) is 22.7. The third-order valence-electron chi connectivity index (χ3n) is 2.59. The molecule has 0 spiro atoms. The van der Waals surface area contributed by atoms with Crippen molar-refractivity contribution in [1.82, 2.24) is 9.88 Å². The summed E-state index contributed by atoms with van der Waals surface area (Å²) in [5, 5.41) is 0. The molecule has 1 aromatic heterocycles. The van der Waals surface area contributed by atoms with Crippen LogP contribution in [0.3, 0.4) is 0 Å². The number of aromatic nitrogens is 1. The molecule has 1 heterocycles. The number of ether oxygens (including phenoxy) is 1. The third kappa shape index (κ3) is 8.90. The second kappa shape index (κ2) is 9.22. The van der Waals surface area contributed by atoms with Crippen LogP contribution >= 0.6 is 0 Å².